The number of anilines is 1. The molecule has 2 unspecified atom stereocenters. The lowest BCUT2D eigenvalue weighted by atomic mass is 9.87. The molecule has 0 bridgehead atoms. The second-order valence-electron chi connectivity index (χ2n) is 7.00. The average Bonchev–Trinajstić information content (AvgIpc) is 2.46. The standard InChI is InChI=1S/C18H29N3/c1-13(2)21-11-5-7-16(19)18(21)15-8-9-17-14(12-15)6-4-10-20(17)3/h8-9,12-13,16,18H,4-7,10-11,19H2,1-3H3. The lowest BCUT2D eigenvalue weighted by Gasteiger charge is -2.43. The summed E-state index contributed by atoms with van der Waals surface area (Å²) in [4.78, 5) is 4.96. The average molecular weight is 287 g/mol. The topological polar surface area (TPSA) is 32.5 Å². The number of piperidine rings is 1. The number of hydrogen-bond donors (Lipinski definition) is 1. The molecule has 0 radical (unpaired) electrons. The van der Waals surface area contributed by atoms with Crippen LogP contribution in [-0.4, -0.2) is 37.1 Å². The summed E-state index contributed by atoms with van der Waals surface area (Å²) in [5.41, 5.74) is 10.8. The van der Waals surface area contributed by atoms with Crippen LogP contribution in [0.1, 0.15) is 50.3 Å². The van der Waals surface area contributed by atoms with Crippen LogP contribution < -0.4 is 10.6 Å². The third kappa shape index (κ3) is 2.82. The van der Waals surface area contributed by atoms with Gasteiger partial charge >= 0.3 is 0 Å². The summed E-state index contributed by atoms with van der Waals surface area (Å²) in [6.45, 7) is 6.93. The predicted molar refractivity (Wildman–Crippen MR) is 89.8 cm³/mol. The SMILES string of the molecule is CC(C)N1CCCC(N)C1c1ccc2c(c1)CCCN2C. The Hall–Kier alpha value is -1.06. The van der Waals surface area contributed by atoms with Crippen LogP contribution in [0.2, 0.25) is 0 Å². The highest BCUT2D eigenvalue weighted by Gasteiger charge is 2.32. The zero-order valence-electron chi connectivity index (χ0n) is 13.7. The Bertz CT molecular complexity index is 497. The zero-order chi connectivity index (χ0) is 15.0. The van der Waals surface area contributed by atoms with Crippen molar-refractivity contribution >= 4 is 5.69 Å². The van der Waals surface area contributed by atoms with E-state index in [0.29, 0.717) is 12.1 Å². The maximum absolute atomic E-state index is 6.49. The van der Waals surface area contributed by atoms with Gasteiger partial charge in [-0.15, -0.1) is 0 Å². The van der Waals surface area contributed by atoms with E-state index in [2.05, 4.69) is 48.9 Å². The highest BCUT2D eigenvalue weighted by atomic mass is 15.2. The van der Waals surface area contributed by atoms with Crippen molar-refractivity contribution in [1.29, 1.82) is 0 Å². The van der Waals surface area contributed by atoms with Crippen LogP contribution in [0.15, 0.2) is 18.2 Å². The molecule has 0 aliphatic carbocycles. The minimum Gasteiger partial charge on any atom is -0.374 e. The van der Waals surface area contributed by atoms with E-state index in [0.717, 1.165) is 6.42 Å². The Morgan fingerprint density at radius 2 is 2.00 bits per heavy atom. The van der Waals surface area contributed by atoms with E-state index in [4.69, 9.17) is 5.73 Å². The van der Waals surface area contributed by atoms with Crippen molar-refractivity contribution in [3.63, 3.8) is 0 Å². The fraction of sp³-hybridized carbons (Fsp3) is 0.667. The summed E-state index contributed by atoms with van der Waals surface area (Å²) < 4.78 is 0. The Morgan fingerprint density at radius 1 is 1.19 bits per heavy atom. The van der Waals surface area contributed by atoms with Gasteiger partial charge in [-0.2, -0.15) is 0 Å². The second kappa shape index (κ2) is 5.98. The Labute approximate surface area is 129 Å². The van der Waals surface area contributed by atoms with Gasteiger partial charge in [0.05, 0.1) is 6.04 Å². The van der Waals surface area contributed by atoms with Crippen molar-refractivity contribution in [1.82, 2.24) is 4.90 Å². The monoisotopic (exact) mass is 287 g/mol. The summed E-state index contributed by atoms with van der Waals surface area (Å²) in [5.74, 6) is 0. The zero-order valence-corrected chi connectivity index (χ0v) is 13.7. The summed E-state index contributed by atoms with van der Waals surface area (Å²) >= 11 is 0. The van der Waals surface area contributed by atoms with Crippen molar-refractivity contribution < 1.29 is 0 Å². The predicted octanol–water partition coefficient (Wildman–Crippen LogP) is 2.94. The molecule has 1 saturated heterocycles. The summed E-state index contributed by atoms with van der Waals surface area (Å²) in [6, 6.07) is 8.25. The molecule has 3 heteroatoms. The third-order valence-corrected chi connectivity index (χ3v) is 5.18. The molecule has 1 aromatic carbocycles. The highest BCUT2D eigenvalue weighted by molar-refractivity contribution is 5.56. The summed E-state index contributed by atoms with van der Waals surface area (Å²) in [6.07, 6.45) is 4.84. The molecule has 1 fully saturated rings. The van der Waals surface area contributed by atoms with Crippen LogP contribution in [0.5, 0.6) is 0 Å². The van der Waals surface area contributed by atoms with Crippen LogP contribution in [0.25, 0.3) is 0 Å². The fourth-order valence-electron chi connectivity index (χ4n) is 4.06. The molecule has 0 spiro atoms. The summed E-state index contributed by atoms with van der Waals surface area (Å²) in [7, 11) is 2.20. The molecule has 21 heavy (non-hydrogen) atoms. The van der Waals surface area contributed by atoms with Crippen molar-refractivity contribution in [3.8, 4) is 0 Å². The molecule has 3 rings (SSSR count). The van der Waals surface area contributed by atoms with E-state index in [9.17, 15) is 0 Å². The number of nitrogens with zero attached hydrogens (tertiary/aromatic N) is 2. The van der Waals surface area contributed by atoms with Crippen molar-refractivity contribution in [2.45, 2.75) is 57.7 Å². The molecular formula is C18H29N3. The van der Waals surface area contributed by atoms with Gasteiger partial charge in [-0.05, 0) is 63.3 Å². The minimum atomic E-state index is 0.264. The van der Waals surface area contributed by atoms with Crippen molar-refractivity contribution in [2.75, 3.05) is 25.0 Å². The van der Waals surface area contributed by atoms with Gasteiger partial charge in [-0.1, -0.05) is 12.1 Å². The molecule has 2 atom stereocenters. The first-order chi connectivity index (χ1) is 10.1. The maximum atomic E-state index is 6.49. The molecule has 2 aliphatic heterocycles. The van der Waals surface area contributed by atoms with Gasteiger partial charge < -0.3 is 10.6 Å². The van der Waals surface area contributed by atoms with E-state index >= 15 is 0 Å². The number of aryl methyl sites for hydroxylation is 1. The smallest absolute Gasteiger partial charge is 0.0502 e. The molecule has 1 aromatic rings. The van der Waals surface area contributed by atoms with E-state index < -0.39 is 0 Å². The largest absolute Gasteiger partial charge is 0.374 e. The molecule has 0 saturated carbocycles. The number of rotatable bonds is 2. The molecule has 3 nitrogen and oxygen atoms in total. The lowest BCUT2D eigenvalue weighted by Crippen LogP contribution is -2.48. The molecule has 2 heterocycles. The van der Waals surface area contributed by atoms with E-state index in [1.54, 1.807) is 0 Å². The molecule has 2 N–H and O–H groups in total. The highest BCUT2D eigenvalue weighted by Crippen LogP contribution is 2.35. The van der Waals surface area contributed by atoms with Crippen LogP contribution in [0, 0.1) is 0 Å². The molecule has 2 aliphatic rings. The third-order valence-electron chi connectivity index (χ3n) is 5.18. The Balaban J connectivity index is 1.94. The molecule has 116 valence electrons. The second-order valence-corrected chi connectivity index (χ2v) is 7.00. The van der Waals surface area contributed by atoms with Gasteiger partial charge in [0.15, 0.2) is 0 Å². The van der Waals surface area contributed by atoms with E-state index in [1.165, 1.54) is 49.2 Å². The van der Waals surface area contributed by atoms with E-state index in [-0.39, 0.29) is 6.04 Å². The van der Waals surface area contributed by atoms with Crippen LogP contribution in [-0.2, 0) is 6.42 Å². The first-order valence-corrected chi connectivity index (χ1v) is 8.43. The number of hydrogen-bond acceptors (Lipinski definition) is 3. The van der Waals surface area contributed by atoms with E-state index in [1.807, 2.05) is 0 Å². The van der Waals surface area contributed by atoms with Crippen LogP contribution in [0.3, 0.4) is 0 Å². The quantitative estimate of drug-likeness (QED) is 0.908. The van der Waals surface area contributed by atoms with Crippen molar-refractivity contribution in [2.24, 2.45) is 5.73 Å². The van der Waals surface area contributed by atoms with Gasteiger partial charge in [0, 0.05) is 31.4 Å². The Morgan fingerprint density at radius 3 is 2.76 bits per heavy atom. The van der Waals surface area contributed by atoms with Gasteiger partial charge in [-0.3, -0.25) is 4.90 Å². The van der Waals surface area contributed by atoms with Crippen LogP contribution in [0.4, 0.5) is 5.69 Å². The number of likely N-dealkylation sites (tertiary alicyclic amines) is 1. The minimum absolute atomic E-state index is 0.264. The number of benzene rings is 1. The first kappa shape index (κ1) is 14.9. The number of nitrogens with two attached hydrogens (primary N) is 1. The molecule has 0 aromatic heterocycles. The summed E-state index contributed by atoms with van der Waals surface area (Å²) in [5, 5.41) is 0. The van der Waals surface area contributed by atoms with Crippen molar-refractivity contribution in [3.05, 3.63) is 29.3 Å². The first-order valence-electron chi connectivity index (χ1n) is 8.43. The Kier molecular flexibility index (Phi) is 4.23. The maximum Gasteiger partial charge on any atom is 0.0502 e. The molecule has 0 amide bonds. The number of fused-ring (bicyclic) bond motifs is 1. The van der Waals surface area contributed by atoms with Gasteiger partial charge in [0.1, 0.15) is 0 Å². The normalized spacial score (nSPS) is 27.0. The fourth-order valence-corrected chi connectivity index (χ4v) is 4.06. The lowest BCUT2D eigenvalue weighted by molar-refractivity contribution is 0.0946. The van der Waals surface area contributed by atoms with Gasteiger partial charge in [0.25, 0.3) is 0 Å². The van der Waals surface area contributed by atoms with Gasteiger partial charge in [0.2, 0.25) is 0 Å². The van der Waals surface area contributed by atoms with Gasteiger partial charge in [-0.25, -0.2) is 0 Å². The molecular weight excluding hydrogens is 258 g/mol. The van der Waals surface area contributed by atoms with Crippen LogP contribution >= 0.6 is 0 Å².